The second-order valence-corrected chi connectivity index (χ2v) is 7.96. The first kappa shape index (κ1) is 20.0. The van der Waals surface area contributed by atoms with Gasteiger partial charge in [-0.2, -0.15) is 0 Å². The minimum atomic E-state index is -0.371. The molecular formula is C21H30BNO4. The molecule has 1 aliphatic heterocycles. The van der Waals surface area contributed by atoms with E-state index in [1.807, 2.05) is 36.4 Å². The van der Waals surface area contributed by atoms with Crippen molar-refractivity contribution in [2.24, 2.45) is 0 Å². The predicted octanol–water partition coefficient (Wildman–Crippen LogP) is 3.48. The quantitative estimate of drug-likeness (QED) is 0.665. The SMILES string of the molecule is CCN(CCOc1cccc(B2OC(C)(C)C(C)(C)O2)c1)Cc1ccco1. The Balaban J connectivity index is 1.55. The van der Waals surface area contributed by atoms with Gasteiger partial charge in [-0.3, -0.25) is 4.90 Å². The topological polar surface area (TPSA) is 44.1 Å². The van der Waals surface area contributed by atoms with Gasteiger partial charge in [0.2, 0.25) is 0 Å². The van der Waals surface area contributed by atoms with Crippen LogP contribution in [0.4, 0.5) is 0 Å². The van der Waals surface area contributed by atoms with Crippen LogP contribution >= 0.6 is 0 Å². The fraction of sp³-hybridized carbons (Fsp3) is 0.524. The lowest BCUT2D eigenvalue weighted by molar-refractivity contribution is 0.00578. The number of hydrogen-bond donors (Lipinski definition) is 0. The minimum absolute atomic E-state index is 0.345. The zero-order chi connectivity index (χ0) is 19.5. The highest BCUT2D eigenvalue weighted by Gasteiger charge is 2.51. The normalized spacial score (nSPS) is 18.2. The molecule has 3 rings (SSSR count). The van der Waals surface area contributed by atoms with Crippen LogP contribution in [0.15, 0.2) is 47.1 Å². The van der Waals surface area contributed by atoms with Crippen molar-refractivity contribution in [2.75, 3.05) is 19.7 Å². The van der Waals surface area contributed by atoms with Crippen molar-refractivity contribution in [3.05, 3.63) is 48.4 Å². The second-order valence-electron chi connectivity index (χ2n) is 7.96. The van der Waals surface area contributed by atoms with E-state index in [9.17, 15) is 0 Å². The first-order valence-electron chi connectivity index (χ1n) is 9.64. The van der Waals surface area contributed by atoms with Gasteiger partial charge >= 0.3 is 7.12 Å². The van der Waals surface area contributed by atoms with Crippen molar-refractivity contribution in [3.63, 3.8) is 0 Å². The van der Waals surface area contributed by atoms with Gasteiger partial charge < -0.3 is 18.5 Å². The second kappa shape index (κ2) is 8.09. The monoisotopic (exact) mass is 371 g/mol. The molecule has 1 aromatic heterocycles. The molecule has 0 N–H and O–H groups in total. The maximum Gasteiger partial charge on any atom is 0.494 e. The molecule has 2 aromatic rings. The summed E-state index contributed by atoms with van der Waals surface area (Å²) in [6, 6.07) is 11.9. The molecule has 0 bridgehead atoms. The number of rotatable bonds is 8. The van der Waals surface area contributed by atoms with Gasteiger partial charge in [0.05, 0.1) is 24.0 Å². The van der Waals surface area contributed by atoms with Crippen LogP contribution < -0.4 is 10.2 Å². The summed E-state index contributed by atoms with van der Waals surface area (Å²) in [7, 11) is -0.371. The lowest BCUT2D eigenvalue weighted by Crippen LogP contribution is -2.41. The number of furan rings is 1. The van der Waals surface area contributed by atoms with E-state index in [1.54, 1.807) is 6.26 Å². The first-order chi connectivity index (χ1) is 12.8. The first-order valence-corrected chi connectivity index (χ1v) is 9.64. The summed E-state index contributed by atoms with van der Waals surface area (Å²) >= 11 is 0. The molecule has 0 amide bonds. The van der Waals surface area contributed by atoms with Gasteiger partial charge in [-0.25, -0.2) is 0 Å². The average molecular weight is 371 g/mol. The van der Waals surface area contributed by atoms with Crippen LogP contribution in [0.2, 0.25) is 0 Å². The van der Waals surface area contributed by atoms with Crippen molar-refractivity contribution in [1.82, 2.24) is 4.90 Å². The maximum atomic E-state index is 6.13. The zero-order valence-corrected chi connectivity index (χ0v) is 17.0. The number of likely N-dealkylation sites (N-methyl/N-ethyl adjacent to an activating group) is 1. The molecule has 146 valence electrons. The summed E-state index contributed by atoms with van der Waals surface area (Å²) in [5, 5.41) is 0. The van der Waals surface area contributed by atoms with Gasteiger partial charge in [0.25, 0.3) is 0 Å². The smallest absolute Gasteiger partial charge is 0.492 e. The molecule has 1 aromatic carbocycles. The van der Waals surface area contributed by atoms with E-state index in [2.05, 4.69) is 39.5 Å². The summed E-state index contributed by atoms with van der Waals surface area (Å²) in [5.41, 5.74) is 0.290. The van der Waals surface area contributed by atoms with E-state index in [1.165, 1.54) is 0 Å². The van der Waals surface area contributed by atoms with Gasteiger partial charge in [0, 0.05) is 6.54 Å². The Bertz CT molecular complexity index is 714. The molecule has 0 spiro atoms. The van der Waals surface area contributed by atoms with Gasteiger partial charge in [0.15, 0.2) is 0 Å². The highest BCUT2D eigenvalue weighted by molar-refractivity contribution is 6.62. The van der Waals surface area contributed by atoms with Gasteiger partial charge in [-0.1, -0.05) is 19.1 Å². The summed E-state index contributed by atoms with van der Waals surface area (Å²) in [6.45, 7) is 13.6. The molecule has 6 heteroatoms. The Morgan fingerprint density at radius 3 is 2.41 bits per heavy atom. The molecule has 5 nitrogen and oxygen atoms in total. The van der Waals surface area contributed by atoms with Crippen LogP contribution in [0, 0.1) is 0 Å². The third kappa shape index (κ3) is 4.75. The fourth-order valence-electron chi connectivity index (χ4n) is 2.99. The predicted molar refractivity (Wildman–Crippen MR) is 107 cm³/mol. The van der Waals surface area contributed by atoms with Crippen LogP contribution in [0.5, 0.6) is 5.75 Å². The number of nitrogens with zero attached hydrogens (tertiary/aromatic N) is 1. The lowest BCUT2D eigenvalue weighted by Gasteiger charge is -2.32. The molecule has 2 heterocycles. The summed E-state index contributed by atoms with van der Waals surface area (Å²) in [4.78, 5) is 2.29. The Kier molecular flexibility index (Phi) is 5.99. The average Bonchev–Trinajstić information content (AvgIpc) is 3.20. The number of ether oxygens (including phenoxy) is 1. The zero-order valence-electron chi connectivity index (χ0n) is 17.0. The fourth-order valence-corrected chi connectivity index (χ4v) is 2.99. The third-order valence-electron chi connectivity index (χ3n) is 5.47. The molecule has 0 unspecified atom stereocenters. The standard InChI is InChI=1S/C21H30BNO4/c1-6-23(16-19-11-8-13-24-19)12-14-25-18-10-7-9-17(15-18)22-26-20(2,3)21(4,5)27-22/h7-11,13,15H,6,12,14,16H2,1-5H3. The summed E-state index contributed by atoms with van der Waals surface area (Å²) in [6.07, 6.45) is 1.71. The van der Waals surface area contributed by atoms with Crippen LogP contribution in [0.3, 0.4) is 0 Å². The van der Waals surface area contributed by atoms with E-state index in [0.29, 0.717) is 6.61 Å². The Labute approximate surface area is 162 Å². The molecule has 1 saturated heterocycles. The highest BCUT2D eigenvalue weighted by atomic mass is 16.7. The molecule has 1 aliphatic rings. The summed E-state index contributed by atoms with van der Waals surface area (Å²) in [5.74, 6) is 1.80. The van der Waals surface area contributed by atoms with Crippen LogP contribution in [-0.4, -0.2) is 42.9 Å². The largest absolute Gasteiger partial charge is 0.494 e. The summed E-state index contributed by atoms with van der Waals surface area (Å²) < 4.78 is 23.7. The van der Waals surface area contributed by atoms with Crippen molar-refractivity contribution in [1.29, 1.82) is 0 Å². The van der Waals surface area contributed by atoms with Crippen LogP contribution in [0.25, 0.3) is 0 Å². The Hall–Kier alpha value is -1.76. The van der Waals surface area contributed by atoms with E-state index < -0.39 is 0 Å². The third-order valence-corrected chi connectivity index (χ3v) is 5.47. The molecule has 0 radical (unpaired) electrons. The van der Waals surface area contributed by atoms with E-state index in [-0.39, 0.29) is 18.3 Å². The molecule has 0 aliphatic carbocycles. The van der Waals surface area contributed by atoms with Crippen LogP contribution in [0.1, 0.15) is 40.4 Å². The van der Waals surface area contributed by atoms with Crippen LogP contribution in [-0.2, 0) is 15.9 Å². The van der Waals surface area contributed by atoms with E-state index in [0.717, 1.165) is 36.6 Å². The molecule has 27 heavy (non-hydrogen) atoms. The number of hydrogen-bond acceptors (Lipinski definition) is 5. The Morgan fingerprint density at radius 1 is 1.04 bits per heavy atom. The van der Waals surface area contributed by atoms with Crippen molar-refractivity contribution < 1.29 is 18.5 Å². The lowest BCUT2D eigenvalue weighted by atomic mass is 9.79. The van der Waals surface area contributed by atoms with Crippen molar-refractivity contribution in [2.45, 2.75) is 52.4 Å². The van der Waals surface area contributed by atoms with Crippen molar-refractivity contribution >= 4 is 12.6 Å². The van der Waals surface area contributed by atoms with E-state index in [4.69, 9.17) is 18.5 Å². The van der Waals surface area contributed by atoms with Gasteiger partial charge in [-0.15, -0.1) is 0 Å². The number of benzene rings is 1. The van der Waals surface area contributed by atoms with E-state index >= 15 is 0 Å². The highest BCUT2D eigenvalue weighted by Crippen LogP contribution is 2.36. The molecule has 0 atom stereocenters. The van der Waals surface area contributed by atoms with Crippen molar-refractivity contribution in [3.8, 4) is 5.75 Å². The molecule has 1 fully saturated rings. The maximum absolute atomic E-state index is 6.13. The molecule has 0 saturated carbocycles. The van der Waals surface area contributed by atoms with Gasteiger partial charge in [0.1, 0.15) is 18.1 Å². The molecular weight excluding hydrogens is 341 g/mol. The Morgan fingerprint density at radius 2 is 1.78 bits per heavy atom. The van der Waals surface area contributed by atoms with Gasteiger partial charge in [-0.05, 0) is 64.0 Å². The minimum Gasteiger partial charge on any atom is -0.492 e.